The van der Waals surface area contributed by atoms with E-state index in [9.17, 15) is 0 Å². The lowest BCUT2D eigenvalue weighted by atomic mass is 10.6. The molecule has 0 aliphatic carbocycles. The van der Waals surface area contributed by atoms with Crippen LogP contribution in [0.4, 0.5) is 0 Å². The fourth-order valence-electron chi connectivity index (χ4n) is 0.362. The molecule has 0 atom stereocenters. The summed E-state index contributed by atoms with van der Waals surface area (Å²) in [5.41, 5.74) is 0. The molecular formula is C4H12SSi. The van der Waals surface area contributed by atoms with Crippen LogP contribution in [0.5, 0.6) is 0 Å². The second-order valence-corrected chi connectivity index (χ2v) is 3.59. The summed E-state index contributed by atoms with van der Waals surface area (Å²) < 4.78 is 0. The summed E-state index contributed by atoms with van der Waals surface area (Å²) >= 11 is 4.08. The summed E-state index contributed by atoms with van der Waals surface area (Å²) in [6.45, 7) is 2.34. The van der Waals surface area contributed by atoms with E-state index in [0.29, 0.717) is 9.52 Å². The van der Waals surface area contributed by atoms with Gasteiger partial charge in [-0.1, -0.05) is 12.6 Å². The summed E-state index contributed by atoms with van der Waals surface area (Å²) in [6, 6.07) is 1.48. The first-order valence-electron chi connectivity index (χ1n) is 2.52. The minimum absolute atomic E-state index is 0.354. The third-order valence-corrected chi connectivity index (χ3v) is 2.29. The lowest BCUT2D eigenvalue weighted by Crippen LogP contribution is -1.79. The second kappa shape index (κ2) is 5.57. The third kappa shape index (κ3) is 4.57. The van der Waals surface area contributed by atoms with Gasteiger partial charge in [0.1, 0.15) is 0 Å². The summed E-state index contributed by atoms with van der Waals surface area (Å²) in [4.78, 5) is 0. The second-order valence-electron chi connectivity index (χ2n) is 1.43. The van der Waals surface area contributed by atoms with Gasteiger partial charge in [-0.15, -0.1) is 0 Å². The molecule has 6 heavy (non-hydrogen) atoms. The van der Waals surface area contributed by atoms with Gasteiger partial charge in [0.05, 0.1) is 0 Å². The molecule has 0 nitrogen and oxygen atoms in total. The quantitative estimate of drug-likeness (QED) is 0.320. The molecule has 2 heteroatoms. The SMILES string of the molecule is C[SiH2]CCCS. The molecule has 0 aromatic rings. The zero-order chi connectivity index (χ0) is 4.83. The van der Waals surface area contributed by atoms with E-state index in [2.05, 4.69) is 19.2 Å². The maximum absolute atomic E-state index is 4.08. The van der Waals surface area contributed by atoms with Gasteiger partial charge >= 0.3 is 0 Å². The van der Waals surface area contributed by atoms with Crippen molar-refractivity contribution >= 4 is 22.1 Å². The van der Waals surface area contributed by atoms with Gasteiger partial charge in [-0.2, -0.15) is 12.6 Å². The smallest absolute Gasteiger partial charge is 0.0167 e. The van der Waals surface area contributed by atoms with Crippen molar-refractivity contribution in [3.05, 3.63) is 0 Å². The van der Waals surface area contributed by atoms with Crippen LogP contribution in [0.1, 0.15) is 6.42 Å². The minimum atomic E-state index is 0.354. The highest BCUT2D eigenvalue weighted by Crippen LogP contribution is 1.88. The highest BCUT2D eigenvalue weighted by Gasteiger charge is 1.76. The van der Waals surface area contributed by atoms with Crippen molar-refractivity contribution in [1.82, 2.24) is 0 Å². The Morgan fingerprint density at radius 2 is 2.33 bits per heavy atom. The van der Waals surface area contributed by atoms with Gasteiger partial charge in [-0.25, -0.2) is 0 Å². The van der Waals surface area contributed by atoms with Crippen molar-refractivity contribution in [3.63, 3.8) is 0 Å². The Hall–Kier alpha value is 0.567. The van der Waals surface area contributed by atoms with Gasteiger partial charge in [0.25, 0.3) is 0 Å². The Bertz CT molecular complexity index is 19.5. The van der Waals surface area contributed by atoms with Crippen LogP contribution in [-0.4, -0.2) is 15.3 Å². The van der Waals surface area contributed by atoms with Crippen molar-refractivity contribution in [2.75, 3.05) is 5.75 Å². The van der Waals surface area contributed by atoms with E-state index in [0.717, 1.165) is 5.75 Å². The van der Waals surface area contributed by atoms with E-state index in [1.54, 1.807) is 0 Å². The van der Waals surface area contributed by atoms with E-state index >= 15 is 0 Å². The molecule has 38 valence electrons. The van der Waals surface area contributed by atoms with Crippen LogP contribution in [0.3, 0.4) is 0 Å². The van der Waals surface area contributed by atoms with Gasteiger partial charge in [-0.05, 0) is 12.2 Å². The van der Waals surface area contributed by atoms with E-state index < -0.39 is 0 Å². The maximum atomic E-state index is 4.08. The molecule has 0 heterocycles. The predicted octanol–water partition coefficient (Wildman–Crippen LogP) is 0.941. The molecule has 0 aliphatic heterocycles. The Morgan fingerprint density at radius 1 is 1.67 bits per heavy atom. The topological polar surface area (TPSA) is 0 Å². The van der Waals surface area contributed by atoms with Gasteiger partial charge in [0.15, 0.2) is 0 Å². The Labute approximate surface area is 47.6 Å². The molecule has 0 unspecified atom stereocenters. The normalized spacial score (nSPS) is 11.0. The Kier molecular flexibility index (Phi) is 6.09. The van der Waals surface area contributed by atoms with Crippen molar-refractivity contribution in [1.29, 1.82) is 0 Å². The van der Waals surface area contributed by atoms with Crippen LogP contribution in [0.15, 0.2) is 0 Å². The molecule has 0 saturated carbocycles. The van der Waals surface area contributed by atoms with Crippen molar-refractivity contribution in [3.8, 4) is 0 Å². The average Bonchev–Trinajstić information content (AvgIpc) is 1.61. The monoisotopic (exact) mass is 120 g/mol. The molecule has 0 rings (SSSR count). The molecular weight excluding hydrogens is 108 g/mol. The third-order valence-electron chi connectivity index (χ3n) is 0.762. The number of rotatable bonds is 3. The first-order chi connectivity index (χ1) is 2.91. The molecule has 0 aromatic carbocycles. The van der Waals surface area contributed by atoms with Crippen molar-refractivity contribution in [2.45, 2.75) is 19.0 Å². The lowest BCUT2D eigenvalue weighted by molar-refractivity contribution is 1.10. The summed E-state index contributed by atoms with van der Waals surface area (Å²) in [6.07, 6.45) is 1.34. The van der Waals surface area contributed by atoms with Gasteiger partial charge in [0.2, 0.25) is 0 Å². The van der Waals surface area contributed by atoms with Gasteiger partial charge in [0, 0.05) is 9.52 Å². The van der Waals surface area contributed by atoms with Crippen LogP contribution >= 0.6 is 12.6 Å². The molecule has 0 bridgehead atoms. The van der Waals surface area contributed by atoms with Crippen molar-refractivity contribution in [2.24, 2.45) is 0 Å². The van der Waals surface area contributed by atoms with Crippen LogP contribution in [-0.2, 0) is 0 Å². The van der Waals surface area contributed by atoms with E-state index in [1.165, 1.54) is 12.5 Å². The highest BCUT2D eigenvalue weighted by atomic mass is 32.1. The van der Waals surface area contributed by atoms with Gasteiger partial charge in [-0.3, -0.25) is 0 Å². The fraction of sp³-hybridized carbons (Fsp3) is 1.00. The highest BCUT2D eigenvalue weighted by molar-refractivity contribution is 7.80. The van der Waals surface area contributed by atoms with Crippen LogP contribution < -0.4 is 0 Å². The van der Waals surface area contributed by atoms with E-state index in [1.807, 2.05) is 0 Å². The Balaban J connectivity index is 2.34. The molecule has 0 amide bonds. The van der Waals surface area contributed by atoms with Crippen LogP contribution in [0, 0.1) is 0 Å². The fourth-order valence-corrected chi connectivity index (χ4v) is 1.76. The summed E-state index contributed by atoms with van der Waals surface area (Å²) in [5.74, 6) is 1.08. The molecule has 0 spiro atoms. The average molecular weight is 120 g/mol. The zero-order valence-corrected chi connectivity index (χ0v) is 6.58. The largest absolute Gasteiger partial charge is 0.179 e. The number of hydrogen-bond donors (Lipinski definition) is 1. The number of thiol groups is 1. The van der Waals surface area contributed by atoms with Crippen molar-refractivity contribution < 1.29 is 0 Å². The first-order valence-corrected chi connectivity index (χ1v) is 5.57. The van der Waals surface area contributed by atoms with E-state index in [4.69, 9.17) is 0 Å². The lowest BCUT2D eigenvalue weighted by Gasteiger charge is -1.84. The zero-order valence-electron chi connectivity index (χ0n) is 4.28. The summed E-state index contributed by atoms with van der Waals surface area (Å²) in [5, 5.41) is 0. The molecule has 0 aromatic heterocycles. The standard InChI is InChI=1S/C4H12SSi/c1-6-4-2-3-5/h5H,2-4,6H2,1H3. The van der Waals surface area contributed by atoms with Crippen LogP contribution in [0.25, 0.3) is 0 Å². The molecule has 0 N–H and O–H groups in total. The van der Waals surface area contributed by atoms with Crippen LogP contribution in [0.2, 0.25) is 12.6 Å². The molecule has 0 fully saturated rings. The summed E-state index contributed by atoms with van der Waals surface area (Å²) in [7, 11) is 0.354. The van der Waals surface area contributed by atoms with Gasteiger partial charge < -0.3 is 0 Å². The van der Waals surface area contributed by atoms with E-state index in [-0.39, 0.29) is 0 Å². The number of hydrogen-bond acceptors (Lipinski definition) is 1. The first kappa shape index (κ1) is 6.57. The molecule has 0 saturated heterocycles. The predicted molar refractivity (Wildman–Crippen MR) is 37.7 cm³/mol. The minimum Gasteiger partial charge on any atom is -0.179 e. The molecule has 0 radical (unpaired) electrons. The molecule has 0 aliphatic rings. The maximum Gasteiger partial charge on any atom is 0.0167 e. The Morgan fingerprint density at radius 3 is 2.50 bits per heavy atom.